The molecular formula is C16H21N. The molecule has 1 heteroatoms. The predicted molar refractivity (Wildman–Crippen MR) is 74.9 cm³/mol. The highest BCUT2D eigenvalue weighted by Crippen LogP contribution is 2.19. The van der Waals surface area contributed by atoms with Crippen LogP contribution in [0.4, 0.5) is 0 Å². The van der Waals surface area contributed by atoms with E-state index < -0.39 is 0 Å². The highest BCUT2D eigenvalue weighted by Gasteiger charge is 2.02. The SMILES string of the molecule is C1=C(CCNC/C=C/c2ccccc2)CCC1. The van der Waals surface area contributed by atoms with Crippen molar-refractivity contribution in [3.63, 3.8) is 0 Å². The van der Waals surface area contributed by atoms with Crippen molar-refractivity contribution >= 4 is 6.08 Å². The predicted octanol–water partition coefficient (Wildman–Crippen LogP) is 3.79. The zero-order valence-electron chi connectivity index (χ0n) is 10.4. The first-order valence-electron chi connectivity index (χ1n) is 6.55. The average molecular weight is 227 g/mol. The Morgan fingerprint density at radius 1 is 1.18 bits per heavy atom. The molecule has 1 aromatic carbocycles. The van der Waals surface area contributed by atoms with Crippen LogP contribution >= 0.6 is 0 Å². The van der Waals surface area contributed by atoms with E-state index in [-0.39, 0.29) is 0 Å². The molecule has 0 bridgehead atoms. The van der Waals surface area contributed by atoms with Crippen molar-refractivity contribution in [2.45, 2.75) is 25.7 Å². The van der Waals surface area contributed by atoms with Crippen LogP contribution in [0.3, 0.4) is 0 Å². The molecule has 17 heavy (non-hydrogen) atoms. The maximum Gasteiger partial charge on any atom is 0.0138 e. The van der Waals surface area contributed by atoms with Gasteiger partial charge in [0, 0.05) is 6.54 Å². The van der Waals surface area contributed by atoms with Crippen LogP contribution in [0.5, 0.6) is 0 Å². The molecule has 0 saturated heterocycles. The molecule has 90 valence electrons. The molecule has 0 amide bonds. The number of hydrogen-bond acceptors (Lipinski definition) is 1. The van der Waals surface area contributed by atoms with E-state index in [4.69, 9.17) is 0 Å². The molecule has 0 heterocycles. The van der Waals surface area contributed by atoms with Crippen LogP contribution < -0.4 is 5.32 Å². The van der Waals surface area contributed by atoms with Gasteiger partial charge in [-0.1, -0.05) is 54.1 Å². The summed E-state index contributed by atoms with van der Waals surface area (Å²) < 4.78 is 0. The van der Waals surface area contributed by atoms with Gasteiger partial charge in [0.15, 0.2) is 0 Å². The van der Waals surface area contributed by atoms with Gasteiger partial charge in [-0.25, -0.2) is 0 Å². The molecule has 0 atom stereocenters. The van der Waals surface area contributed by atoms with E-state index in [2.05, 4.69) is 47.8 Å². The lowest BCUT2D eigenvalue weighted by Gasteiger charge is -2.02. The number of allylic oxidation sites excluding steroid dienone is 1. The van der Waals surface area contributed by atoms with Gasteiger partial charge in [-0.15, -0.1) is 0 Å². The van der Waals surface area contributed by atoms with Gasteiger partial charge in [-0.3, -0.25) is 0 Å². The van der Waals surface area contributed by atoms with Gasteiger partial charge in [0.2, 0.25) is 0 Å². The minimum Gasteiger partial charge on any atom is -0.313 e. The Balaban J connectivity index is 1.58. The van der Waals surface area contributed by atoms with Crippen molar-refractivity contribution in [2.75, 3.05) is 13.1 Å². The molecule has 0 fully saturated rings. The van der Waals surface area contributed by atoms with Crippen molar-refractivity contribution in [3.05, 3.63) is 53.6 Å². The van der Waals surface area contributed by atoms with E-state index >= 15 is 0 Å². The standard InChI is InChI=1S/C16H21N/c1-2-7-15(8-3-1)11-6-13-17-14-12-16-9-4-5-10-16/h1-3,6-9,11,17H,4-5,10,12-14H2/b11-6+. The Hall–Kier alpha value is -1.34. The van der Waals surface area contributed by atoms with E-state index in [1.807, 2.05) is 6.07 Å². The van der Waals surface area contributed by atoms with Crippen molar-refractivity contribution in [1.29, 1.82) is 0 Å². The monoisotopic (exact) mass is 227 g/mol. The molecule has 0 unspecified atom stereocenters. The zero-order valence-corrected chi connectivity index (χ0v) is 10.4. The summed E-state index contributed by atoms with van der Waals surface area (Å²) in [6, 6.07) is 10.4. The quantitative estimate of drug-likeness (QED) is 0.576. The van der Waals surface area contributed by atoms with E-state index in [9.17, 15) is 0 Å². The number of hydrogen-bond donors (Lipinski definition) is 1. The molecule has 1 N–H and O–H groups in total. The van der Waals surface area contributed by atoms with Gasteiger partial charge >= 0.3 is 0 Å². The molecule has 2 rings (SSSR count). The Bertz CT molecular complexity index is 376. The maximum absolute atomic E-state index is 3.45. The Morgan fingerprint density at radius 2 is 2.06 bits per heavy atom. The lowest BCUT2D eigenvalue weighted by molar-refractivity contribution is 0.726. The summed E-state index contributed by atoms with van der Waals surface area (Å²) in [6.45, 7) is 2.06. The van der Waals surface area contributed by atoms with E-state index in [1.54, 1.807) is 5.57 Å². The molecular weight excluding hydrogens is 206 g/mol. The van der Waals surface area contributed by atoms with Crippen LogP contribution in [0.15, 0.2) is 48.1 Å². The second-order valence-electron chi connectivity index (χ2n) is 4.52. The molecule has 1 aromatic rings. The maximum atomic E-state index is 3.45. The molecule has 1 nitrogen and oxygen atoms in total. The first-order valence-corrected chi connectivity index (χ1v) is 6.55. The summed E-state index contributed by atoms with van der Waals surface area (Å²) in [5.74, 6) is 0. The van der Waals surface area contributed by atoms with Gasteiger partial charge in [0.05, 0.1) is 0 Å². The molecule has 1 aliphatic carbocycles. The van der Waals surface area contributed by atoms with Gasteiger partial charge in [-0.05, 0) is 37.8 Å². The first-order chi connectivity index (χ1) is 8.45. The van der Waals surface area contributed by atoms with Crippen LogP contribution in [-0.4, -0.2) is 13.1 Å². The third kappa shape index (κ3) is 4.58. The number of rotatable bonds is 6. The fourth-order valence-electron chi connectivity index (χ4n) is 2.16. The van der Waals surface area contributed by atoms with Gasteiger partial charge in [-0.2, -0.15) is 0 Å². The topological polar surface area (TPSA) is 12.0 Å². The van der Waals surface area contributed by atoms with Gasteiger partial charge in [0.25, 0.3) is 0 Å². The highest BCUT2D eigenvalue weighted by molar-refractivity contribution is 5.48. The number of benzene rings is 1. The van der Waals surface area contributed by atoms with Crippen molar-refractivity contribution in [1.82, 2.24) is 5.32 Å². The largest absolute Gasteiger partial charge is 0.313 e. The second-order valence-corrected chi connectivity index (χ2v) is 4.52. The fourth-order valence-corrected chi connectivity index (χ4v) is 2.16. The van der Waals surface area contributed by atoms with Crippen molar-refractivity contribution in [3.8, 4) is 0 Å². The van der Waals surface area contributed by atoms with Crippen LogP contribution in [0.1, 0.15) is 31.2 Å². The zero-order chi connectivity index (χ0) is 11.8. The van der Waals surface area contributed by atoms with Crippen LogP contribution in [0.25, 0.3) is 6.08 Å². The van der Waals surface area contributed by atoms with E-state index in [0.717, 1.165) is 13.1 Å². The van der Waals surface area contributed by atoms with Gasteiger partial charge in [0.1, 0.15) is 0 Å². The lowest BCUT2D eigenvalue weighted by atomic mass is 10.2. The Labute approximate surface area is 104 Å². The van der Waals surface area contributed by atoms with Crippen LogP contribution in [0.2, 0.25) is 0 Å². The summed E-state index contributed by atoms with van der Waals surface area (Å²) in [4.78, 5) is 0. The smallest absolute Gasteiger partial charge is 0.0138 e. The molecule has 0 aromatic heterocycles. The molecule has 0 radical (unpaired) electrons. The van der Waals surface area contributed by atoms with Crippen molar-refractivity contribution < 1.29 is 0 Å². The van der Waals surface area contributed by atoms with Crippen LogP contribution in [-0.2, 0) is 0 Å². The van der Waals surface area contributed by atoms with Crippen molar-refractivity contribution in [2.24, 2.45) is 0 Å². The summed E-state index contributed by atoms with van der Waals surface area (Å²) in [5.41, 5.74) is 2.91. The molecule has 0 saturated carbocycles. The summed E-state index contributed by atoms with van der Waals surface area (Å²) in [7, 11) is 0. The lowest BCUT2D eigenvalue weighted by Crippen LogP contribution is -2.15. The first kappa shape index (κ1) is 12.1. The third-order valence-corrected chi connectivity index (χ3v) is 3.13. The minimum atomic E-state index is 0.960. The Morgan fingerprint density at radius 3 is 2.82 bits per heavy atom. The van der Waals surface area contributed by atoms with Gasteiger partial charge < -0.3 is 5.32 Å². The molecule has 1 aliphatic rings. The van der Waals surface area contributed by atoms with E-state index in [1.165, 1.54) is 31.2 Å². The second kappa shape index (κ2) is 7.08. The van der Waals surface area contributed by atoms with Crippen LogP contribution in [0, 0.1) is 0 Å². The molecule has 0 spiro atoms. The molecule has 0 aliphatic heterocycles. The highest BCUT2D eigenvalue weighted by atomic mass is 14.8. The summed E-state index contributed by atoms with van der Waals surface area (Å²) >= 11 is 0. The van der Waals surface area contributed by atoms with E-state index in [0.29, 0.717) is 0 Å². The summed E-state index contributed by atoms with van der Waals surface area (Å²) in [6.07, 6.45) is 12.0. The number of nitrogens with one attached hydrogen (secondary N) is 1. The normalized spacial score (nSPS) is 15.4. The third-order valence-electron chi connectivity index (χ3n) is 3.13. The average Bonchev–Trinajstić information content (AvgIpc) is 2.88. The Kier molecular flexibility index (Phi) is 5.05. The fraction of sp³-hybridized carbons (Fsp3) is 0.375. The minimum absolute atomic E-state index is 0.960. The summed E-state index contributed by atoms with van der Waals surface area (Å²) in [5, 5.41) is 3.45.